The van der Waals surface area contributed by atoms with Crippen LogP contribution in [-0.2, 0) is 4.79 Å². The van der Waals surface area contributed by atoms with E-state index in [0.717, 1.165) is 48.8 Å². The number of rotatable bonds is 6. The largest absolute Gasteiger partial charge is 0.493 e. The number of piperazine rings is 1. The third kappa shape index (κ3) is 4.07. The van der Waals surface area contributed by atoms with Crippen LogP contribution in [0, 0.1) is 6.92 Å². The summed E-state index contributed by atoms with van der Waals surface area (Å²) in [6.45, 7) is 10.4. The molecule has 10 nitrogen and oxygen atoms in total. The summed E-state index contributed by atoms with van der Waals surface area (Å²) in [5, 5.41) is 8.25. The molecule has 0 radical (unpaired) electrons. The Morgan fingerprint density at radius 3 is 2.69 bits per heavy atom. The van der Waals surface area contributed by atoms with Gasteiger partial charge in [0.05, 0.1) is 31.1 Å². The Kier molecular flexibility index (Phi) is 6.06. The Labute approximate surface area is 204 Å². The molecule has 2 N–H and O–H groups in total. The van der Waals surface area contributed by atoms with E-state index in [4.69, 9.17) is 9.72 Å². The molecule has 0 saturated carbocycles. The van der Waals surface area contributed by atoms with Gasteiger partial charge in [-0.1, -0.05) is 13.8 Å². The molecule has 10 heteroatoms. The Morgan fingerprint density at radius 1 is 1.23 bits per heavy atom. The first-order valence-electron chi connectivity index (χ1n) is 12.0. The van der Waals surface area contributed by atoms with Gasteiger partial charge in [0.1, 0.15) is 12.1 Å². The summed E-state index contributed by atoms with van der Waals surface area (Å²) in [5.41, 5.74) is 6.16. The highest BCUT2D eigenvalue weighted by molar-refractivity contribution is 5.95. The van der Waals surface area contributed by atoms with Gasteiger partial charge in [-0.25, -0.2) is 14.5 Å². The molecule has 184 valence electrons. The number of aryl methyl sites for hydroxylation is 1. The van der Waals surface area contributed by atoms with Crippen molar-refractivity contribution in [2.24, 2.45) is 0 Å². The second-order valence-corrected chi connectivity index (χ2v) is 9.33. The predicted molar refractivity (Wildman–Crippen MR) is 136 cm³/mol. The standard InChI is InChI=1S/C25H32N8O2/c1-15(2)21-22-16(3)24(32-8-6-31(7-9-32)13-20(34)26-4)27-11-18(22)30-23(21)17-10-19(35-5)25-28-14-29-33(25)12-17/h10-12,14-15,30H,6-9,13H2,1-5H3,(H,26,34). The van der Waals surface area contributed by atoms with Crippen molar-refractivity contribution in [3.8, 4) is 17.0 Å². The molecule has 0 unspecified atom stereocenters. The van der Waals surface area contributed by atoms with Gasteiger partial charge in [0.15, 0.2) is 11.4 Å². The van der Waals surface area contributed by atoms with Gasteiger partial charge in [0, 0.05) is 55.9 Å². The summed E-state index contributed by atoms with van der Waals surface area (Å²) in [6.07, 6.45) is 5.46. The van der Waals surface area contributed by atoms with Gasteiger partial charge >= 0.3 is 0 Å². The number of fused-ring (bicyclic) bond motifs is 2. The first-order valence-corrected chi connectivity index (χ1v) is 12.0. The third-order valence-electron chi connectivity index (χ3n) is 6.84. The monoisotopic (exact) mass is 476 g/mol. The second-order valence-electron chi connectivity index (χ2n) is 9.33. The number of methoxy groups -OCH3 is 1. The number of carbonyl (C=O) groups is 1. The number of aromatic amines is 1. The maximum absolute atomic E-state index is 11.8. The van der Waals surface area contributed by atoms with Gasteiger partial charge in [0.2, 0.25) is 5.91 Å². The van der Waals surface area contributed by atoms with Crippen molar-refractivity contribution in [1.82, 2.24) is 34.8 Å². The Bertz CT molecular complexity index is 1380. The van der Waals surface area contributed by atoms with Crippen molar-refractivity contribution in [1.29, 1.82) is 0 Å². The van der Waals surface area contributed by atoms with Crippen LogP contribution in [-0.4, -0.2) is 82.3 Å². The molecule has 0 atom stereocenters. The van der Waals surface area contributed by atoms with E-state index >= 15 is 0 Å². The number of nitrogens with zero attached hydrogens (tertiary/aromatic N) is 6. The van der Waals surface area contributed by atoms with Crippen LogP contribution in [0.25, 0.3) is 27.8 Å². The second kappa shape index (κ2) is 9.18. The van der Waals surface area contributed by atoms with Crippen molar-refractivity contribution in [2.75, 3.05) is 51.8 Å². The van der Waals surface area contributed by atoms with E-state index in [1.54, 1.807) is 18.7 Å². The average Bonchev–Trinajstić information content (AvgIpc) is 3.49. The van der Waals surface area contributed by atoms with Crippen LogP contribution in [0.4, 0.5) is 5.82 Å². The summed E-state index contributed by atoms with van der Waals surface area (Å²) in [4.78, 5) is 29.1. The van der Waals surface area contributed by atoms with Gasteiger partial charge in [-0.2, -0.15) is 5.10 Å². The van der Waals surface area contributed by atoms with E-state index in [-0.39, 0.29) is 11.8 Å². The van der Waals surface area contributed by atoms with Crippen LogP contribution in [0.3, 0.4) is 0 Å². The minimum Gasteiger partial charge on any atom is -0.493 e. The van der Waals surface area contributed by atoms with Crippen LogP contribution in [0.2, 0.25) is 0 Å². The van der Waals surface area contributed by atoms with Gasteiger partial charge in [-0.3, -0.25) is 9.69 Å². The van der Waals surface area contributed by atoms with Crippen molar-refractivity contribution < 1.29 is 9.53 Å². The summed E-state index contributed by atoms with van der Waals surface area (Å²) in [5.74, 6) is 2.03. The molecule has 1 amide bonds. The van der Waals surface area contributed by atoms with Gasteiger partial charge in [0.25, 0.3) is 0 Å². The number of ether oxygens (including phenoxy) is 1. The van der Waals surface area contributed by atoms with E-state index in [9.17, 15) is 4.79 Å². The molecule has 1 fully saturated rings. The highest BCUT2D eigenvalue weighted by atomic mass is 16.5. The SMILES string of the molecule is CNC(=O)CN1CCN(c2ncc3[nH]c(-c4cc(OC)c5ncnn5c4)c(C(C)C)c3c2C)CC1. The summed E-state index contributed by atoms with van der Waals surface area (Å²) in [6, 6.07) is 2.01. The fraction of sp³-hybridized carbons (Fsp3) is 0.440. The molecule has 5 rings (SSSR count). The minimum absolute atomic E-state index is 0.0521. The maximum atomic E-state index is 11.8. The number of H-pyrrole nitrogens is 1. The van der Waals surface area contributed by atoms with Crippen molar-refractivity contribution in [3.05, 3.63) is 35.9 Å². The number of anilines is 1. The van der Waals surface area contributed by atoms with E-state index in [1.807, 2.05) is 18.5 Å². The first-order chi connectivity index (χ1) is 16.9. The van der Waals surface area contributed by atoms with Crippen LogP contribution in [0.5, 0.6) is 5.75 Å². The van der Waals surface area contributed by atoms with Crippen LogP contribution in [0.1, 0.15) is 30.9 Å². The van der Waals surface area contributed by atoms with E-state index < -0.39 is 0 Å². The van der Waals surface area contributed by atoms with E-state index in [1.165, 1.54) is 22.8 Å². The van der Waals surface area contributed by atoms with Crippen LogP contribution >= 0.6 is 0 Å². The van der Waals surface area contributed by atoms with E-state index in [0.29, 0.717) is 17.9 Å². The average molecular weight is 477 g/mol. The highest BCUT2D eigenvalue weighted by Gasteiger charge is 2.25. The summed E-state index contributed by atoms with van der Waals surface area (Å²) < 4.78 is 7.35. The number of pyridine rings is 2. The number of nitrogens with one attached hydrogen (secondary N) is 2. The zero-order valence-corrected chi connectivity index (χ0v) is 20.9. The fourth-order valence-electron chi connectivity index (χ4n) is 5.08. The number of hydrogen-bond acceptors (Lipinski definition) is 7. The molecular formula is C25H32N8O2. The van der Waals surface area contributed by atoms with Gasteiger partial charge in [-0.05, 0) is 24.5 Å². The Morgan fingerprint density at radius 2 is 2.00 bits per heavy atom. The lowest BCUT2D eigenvalue weighted by Crippen LogP contribution is -2.49. The molecule has 0 bridgehead atoms. The van der Waals surface area contributed by atoms with Crippen LogP contribution < -0.4 is 15.0 Å². The smallest absolute Gasteiger partial charge is 0.233 e. The number of aromatic nitrogens is 5. The normalized spacial score (nSPS) is 14.9. The lowest BCUT2D eigenvalue weighted by atomic mass is 9.95. The van der Waals surface area contributed by atoms with Crippen molar-refractivity contribution in [2.45, 2.75) is 26.7 Å². The maximum Gasteiger partial charge on any atom is 0.233 e. The fourth-order valence-corrected chi connectivity index (χ4v) is 5.08. The molecule has 4 aromatic rings. The number of amides is 1. The molecule has 0 aliphatic carbocycles. The Hall–Kier alpha value is -3.66. The molecule has 0 spiro atoms. The lowest BCUT2D eigenvalue weighted by Gasteiger charge is -2.35. The first kappa shape index (κ1) is 23.1. The van der Waals surface area contributed by atoms with Crippen LogP contribution in [0.15, 0.2) is 24.8 Å². The molecule has 1 aliphatic rings. The van der Waals surface area contributed by atoms with Gasteiger partial charge in [-0.15, -0.1) is 0 Å². The van der Waals surface area contributed by atoms with Crippen molar-refractivity contribution in [3.63, 3.8) is 0 Å². The molecular weight excluding hydrogens is 444 g/mol. The molecule has 1 saturated heterocycles. The molecule has 0 aromatic carbocycles. The van der Waals surface area contributed by atoms with E-state index in [2.05, 4.69) is 51.0 Å². The minimum atomic E-state index is 0.0521. The van der Waals surface area contributed by atoms with Gasteiger partial charge < -0.3 is 19.9 Å². The molecule has 1 aliphatic heterocycles. The summed E-state index contributed by atoms with van der Waals surface area (Å²) in [7, 11) is 3.33. The number of likely N-dealkylation sites (N-methyl/N-ethyl adjacent to an activating group) is 1. The zero-order chi connectivity index (χ0) is 24.7. The predicted octanol–water partition coefficient (Wildman–Crippen LogP) is 2.58. The quantitative estimate of drug-likeness (QED) is 0.441. The lowest BCUT2D eigenvalue weighted by molar-refractivity contribution is -0.121. The Balaban J connectivity index is 1.54. The molecule has 5 heterocycles. The summed E-state index contributed by atoms with van der Waals surface area (Å²) >= 11 is 0. The topological polar surface area (TPSA) is 104 Å². The third-order valence-corrected chi connectivity index (χ3v) is 6.84. The number of hydrogen-bond donors (Lipinski definition) is 2. The molecule has 35 heavy (non-hydrogen) atoms. The molecule has 4 aromatic heterocycles. The van der Waals surface area contributed by atoms with Crippen molar-refractivity contribution >= 4 is 28.3 Å². The zero-order valence-electron chi connectivity index (χ0n) is 20.9. The number of carbonyl (C=O) groups excluding carboxylic acids is 1. The highest BCUT2D eigenvalue weighted by Crippen LogP contribution is 2.40.